The molecule has 1 saturated heterocycles. The summed E-state index contributed by atoms with van der Waals surface area (Å²) < 4.78 is 5.65. The number of piperidine rings is 1. The lowest BCUT2D eigenvalue weighted by atomic mass is 10.1. The predicted molar refractivity (Wildman–Crippen MR) is 74.2 cm³/mol. The van der Waals surface area contributed by atoms with Gasteiger partial charge in [0.15, 0.2) is 5.11 Å². The molecule has 1 saturated carbocycles. The molecule has 0 amide bonds. The first-order valence-electron chi connectivity index (χ1n) is 6.96. The van der Waals surface area contributed by atoms with Gasteiger partial charge in [0, 0.05) is 25.7 Å². The molecule has 0 bridgehead atoms. The van der Waals surface area contributed by atoms with Gasteiger partial charge in [0.2, 0.25) is 0 Å². The average Bonchev–Trinajstić information content (AvgIpc) is 2.83. The number of ether oxygens (including phenoxy) is 1. The lowest BCUT2D eigenvalue weighted by Gasteiger charge is -2.34. The van der Waals surface area contributed by atoms with Crippen LogP contribution in [0.4, 0.5) is 0 Å². The minimum atomic E-state index is 0.450. The van der Waals surface area contributed by atoms with Gasteiger partial charge in [-0.2, -0.15) is 0 Å². The summed E-state index contributed by atoms with van der Waals surface area (Å²) in [6.45, 7) is 4.99. The highest BCUT2D eigenvalue weighted by Crippen LogP contribution is 2.19. The Labute approximate surface area is 110 Å². The summed E-state index contributed by atoms with van der Waals surface area (Å²) in [4.78, 5) is 2.31. The molecule has 0 aromatic rings. The highest BCUT2D eigenvalue weighted by molar-refractivity contribution is 7.80. The average molecular weight is 256 g/mol. The molecule has 98 valence electrons. The molecule has 4 heteroatoms. The standard InChI is InChI=1S/C13H24N2OS/c1-2-16-12-7-9-15(10-8-12)13(17)14-11-5-3-4-6-11/h11-12H,2-10H2,1H3,(H,14,17). The van der Waals surface area contributed by atoms with Crippen LogP contribution in [0.3, 0.4) is 0 Å². The Hall–Kier alpha value is -0.350. The van der Waals surface area contributed by atoms with Crippen LogP contribution in [0, 0.1) is 0 Å². The van der Waals surface area contributed by atoms with E-state index in [9.17, 15) is 0 Å². The van der Waals surface area contributed by atoms with Crippen molar-refractivity contribution >= 4 is 17.3 Å². The van der Waals surface area contributed by atoms with E-state index in [-0.39, 0.29) is 0 Å². The molecule has 2 aliphatic rings. The van der Waals surface area contributed by atoms with Crippen LogP contribution >= 0.6 is 12.2 Å². The molecule has 17 heavy (non-hydrogen) atoms. The second kappa shape index (κ2) is 6.55. The van der Waals surface area contributed by atoms with Crippen LogP contribution in [0.15, 0.2) is 0 Å². The highest BCUT2D eigenvalue weighted by Gasteiger charge is 2.23. The number of nitrogens with zero attached hydrogens (tertiary/aromatic N) is 1. The predicted octanol–water partition coefficient (Wildman–Crippen LogP) is 2.30. The molecular weight excluding hydrogens is 232 g/mol. The largest absolute Gasteiger partial charge is 0.378 e. The van der Waals surface area contributed by atoms with E-state index >= 15 is 0 Å². The van der Waals surface area contributed by atoms with Gasteiger partial charge in [0.05, 0.1) is 6.10 Å². The number of hydrogen-bond donors (Lipinski definition) is 1. The molecule has 1 heterocycles. The third kappa shape index (κ3) is 3.81. The summed E-state index contributed by atoms with van der Waals surface area (Å²) in [5.41, 5.74) is 0. The maximum atomic E-state index is 5.65. The summed E-state index contributed by atoms with van der Waals surface area (Å²) >= 11 is 5.49. The Kier molecular flexibility index (Phi) is 5.04. The van der Waals surface area contributed by atoms with E-state index in [4.69, 9.17) is 17.0 Å². The molecule has 0 atom stereocenters. The van der Waals surface area contributed by atoms with Gasteiger partial charge in [-0.1, -0.05) is 12.8 Å². The molecule has 0 radical (unpaired) electrons. The van der Waals surface area contributed by atoms with Gasteiger partial charge in [-0.3, -0.25) is 0 Å². The first-order valence-corrected chi connectivity index (χ1v) is 7.37. The Morgan fingerprint density at radius 3 is 2.47 bits per heavy atom. The Morgan fingerprint density at radius 1 is 1.24 bits per heavy atom. The van der Waals surface area contributed by atoms with Crippen molar-refractivity contribution in [1.82, 2.24) is 10.2 Å². The number of rotatable bonds is 3. The summed E-state index contributed by atoms with van der Waals surface area (Å²) in [5, 5.41) is 4.48. The molecule has 2 fully saturated rings. The monoisotopic (exact) mass is 256 g/mol. The van der Waals surface area contributed by atoms with E-state index in [1.807, 2.05) is 0 Å². The SMILES string of the molecule is CCOC1CCN(C(=S)NC2CCCC2)CC1. The Balaban J connectivity index is 1.70. The number of thiocarbonyl (C=S) groups is 1. The van der Waals surface area contributed by atoms with Crippen molar-refractivity contribution < 1.29 is 4.74 Å². The Morgan fingerprint density at radius 2 is 1.88 bits per heavy atom. The molecule has 0 spiro atoms. The van der Waals surface area contributed by atoms with Crippen molar-refractivity contribution in [2.75, 3.05) is 19.7 Å². The van der Waals surface area contributed by atoms with Crippen LogP contribution in [0.2, 0.25) is 0 Å². The number of nitrogens with one attached hydrogen (secondary N) is 1. The van der Waals surface area contributed by atoms with E-state index in [2.05, 4.69) is 17.1 Å². The lowest BCUT2D eigenvalue weighted by molar-refractivity contribution is 0.0267. The van der Waals surface area contributed by atoms with Crippen LogP contribution in [0.25, 0.3) is 0 Å². The van der Waals surface area contributed by atoms with Gasteiger partial charge in [0.25, 0.3) is 0 Å². The summed E-state index contributed by atoms with van der Waals surface area (Å²) in [6.07, 6.45) is 7.95. The summed E-state index contributed by atoms with van der Waals surface area (Å²) in [5.74, 6) is 0. The maximum absolute atomic E-state index is 5.65. The van der Waals surface area contributed by atoms with Crippen LogP contribution < -0.4 is 5.32 Å². The topological polar surface area (TPSA) is 24.5 Å². The molecule has 3 nitrogen and oxygen atoms in total. The highest BCUT2D eigenvalue weighted by atomic mass is 32.1. The third-order valence-corrected chi connectivity index (χ3v) is 4.19. The number of hydrogen-bond acceptors (Lipinski definition) is 2. The molecule has 1 N–H and O–H groups in total. The molecular formula is C13H24N2OS. The first kappa shape index (κ1) is 13.1. The van der Waals surface area contributed by atoms with E-state index in [0.717, 1.165) is 37.7 Å². The van der Waals surface area contributed by atoms with E-state index in [1.165, 1.54) is 25.7 Å². The van der Waals surface area contributed by atoms with Gasteiger partial charge >= 0.3 is 0 Å². The summed E-state index contributed by atoms with van der Waals surface area (Å²) in [6, 6.07) is 0.632. The maximum Gasteiger partial charge on any atom is 0.169 e. The smallest absolute Gasteiger partial charge is 0.169 e. The van der Waals surface area contributed by atoms with Gasteiger partial charge in [-0.25, -0.2) is 0 Å². The normalized spacial score (nSPS) is 23.0. The van der Waals surface area contributed by atoms with Crippen molar-refractivity contribution in [3.8, 4) is 0 Å². The fourth-order valence-electron chi connectivity index (χ4n) is 2.80. The van der Waals surface area contributed by atoms with Gasteiger partial charge in [-0.15, -0.1) is 0 Å². The Bertz CT molecular complexity index is 246. The second-order valence-electron chi connectivity index (χ2n) is 5.07. The zero-order chi connectivity index (χ0) is 12.1. The number of likely N-dealkylation sites (tertiary alicyclic amines) is 1. The fraction of sp³-hybridized carbons (Fsp3) is 0.923. The van der Waals surface area contributed by atoms with Crippen LogP contribution in [0.5, 0.6) is 0 Å². The van der Waals surface area contributed by atoms with Crippen LogP contribution in [-0.2, 0) is 4.74 Å². The summed E-state index contributed by atoms with van der Waals surface area (Å²) in [7, 11) is 0. The van der Waals surface area contributed by atoms with Gasteiger partial charge in [0.1, 0.15) is 0 Å². The molecule has 0 unspecified atom stereocenters. The van der Waals surface area contributed by atoms with E-state index in [1.54, 1.807) is 0 Å². The molecule has 1 aliphatic heterocycles. The third-order valence-electron chi connectivity index (χ3n) is 3.81. The van der Waals surface area contributed by atoms with Gasteiger partial charge < -0.3 is 15.0 Å². The quantitative estimate of drug-likeness (QED) is 0.783. The molecule has 2 rings (SSSR count). The molecule has 0 aromatic heterocycles. The lowest BCUT2D eigenvalue weighted by Crippen LogP contribution is -2.48. The van der Waals surface area contributed by atoms with Crippen molar-refractivity contribution in [3.05, 3.63) is 0 Å². The van der Waals surface area contributed by atoms with Crippen molar-refractivity contribution in [1.29, 1.82) is 0 Å². The van der Waals surface area contributed by atoms with Crippen LogP contribution in [0.1, 0.15) is 45.4 Å². The van der Waals surface area contributed by atoms with E-state index in [0.29, 0.717) is 12.1 Å². The van der Waals surface area contributed by atoms with Crippen LogP contribution in [-0.4, -0.2) is 41.9 Å². The molecule has 0 aromatic carbocycles. The minimum absolute atomic E-state index is 0.450. The minimum Gasteiger partial charge on any atom is -0.378 e. The second-order valence-corrected chi connectivity index (χ2v) is 5.46. The van der Waals surface area contributed by atoms with Crippen molar-refractivity contribution in [2.24, 2.45) is 0 Å². The first-order chi connectivity index (χ1) is 8.29. The zero-order valence-corrected chi connectivity index (χ0v) is 11.6. The van der Waals surface area contributed by atoms with Crippen molar-refractivity contribution in [3.63, 3.8) is 0 Å². The van der Waals surface area contributed by atoms with Crippen molar-refractivity contribution in [2.45, 2.75) is 57.6 Å². The zero-order valence-electron chi connectivity index (χ0n) is 10.8. The van der Waals surface area contributed by atoms with Gasteiger partial charge in [-0.05, 0) is 44.8 Å². The fourth-order valence-corrected chi connectivity index (χ4v) is 3.15. The molecule has 1 aliphatic carbocycles. The van der Waals surface area contributed by atoms with E-state index < -0.39 is 0 Å².